The van der Waals surface area contributed by atoms with Crippen molar-refractivity contribution in [2.75, 3.05) is 18.1 Å². The molecule has 0 saturated carbocycles. The summed E-state index contributed by atoms with van der Waals surface area (Å²) in [6.45, 7) is 5.19. The van der Waals surface area contributed by atoms with Crippen molar-refractivity contribution in [1.29, 1.82) is 0 Å². The van der Waals surface area contributed by atoms with Gasteiger partial charge in [0.05, 0.1) is 5.75 Å². The number of carboxylic acid groups (broad SMARTS) is 1. The van der Waals surface area contributed by atoms with Crippen LogP contribution in [0.15, 0.2) is 16.5 Å². The number of hydrogen-bond donors (Lipinski definition) is 1. The molecule has 7 nitrogen and oxygen atoms in total. The number of rotatable bonds is 7. The Bertz CT molecular complexity index is 618. The van der Waals surface area contributed by atoms with E-state index in [0.29, 0.717) is 6.54 Å². The number of carbonyl (C=O) groups excluding carboxylic acids is 1. The molecule has 0 saturated heterocycles. The molecule has 1 aromatic heterocycles. The fourth-order valence-electron chi connectivity index (χ4n) is 1.94. The highest BCUT2D eigenvalue weighted by Crippen LogP contribution is 2.14. The van der Waals surface area contributed by atoms with Crippen LogP contribution in [0.3, 0.4) is 0 Å². The van der Waals surface area contributed by atoms with Crippen molar-refractivity contribution in [2.24, 2.45) is 0 Å². The molecule has 0 radical (unpaired) electrons. The lowest BCUT2D eigenvalue weighted by Gasteiger charge is -2.26. The van der Waals surface area contributed by atoms with Gasteiger partial charge in [-0.05, 0) is 26.0 Å². The maximum Gasteiger partial charge on any atom is 0.371 e. The van der Waals surface area contributed by atoms with Gasteiger partial charge in [0.15, 0.2) is 15.6 Å². The van der Waals surface area contributed by atoms with Crippen LogP contribution in [0.1, 0.15) is 41.9 Å². The SMILES string of the molecule is CCN(C(=O)c1ccc(C(=O)O)o1)C(C)CS(=O)(=O)CC. The zero-order valence-corrected chi connectivity index (χ0v) is 13.0. The minimum Gasteiger partial charge on any atom is -0.475 e. The largest absolute Gasteiger partial charge is 0.475 e. The van der Waals surface area contributed by atoms with Crippen LogP contribution in [0, 0.1) is 0 Å². The van der Waals surface area contributed by atoms with E-state index in [-0.39, 0.29) is 23.0 Å². The van der Waals surface area contributed by atoms with E-state index < -0.39 is 27.8 Å². The van der Waals surface area contributed by atoms with Crippen molar-refractivity contribution in [3.8, 4) is 0 Å². The third-order valence-electron chi connectivity index (χ3n) is 3.10. The van der Waals surface area contributed by atoms with Crippen molar-refractivity contribution in [3.05, 3.63) is 23.7 Å². The first-order chi connectivity index (χ1) is 9.71. The van der Waals surface area contributed by atoms with Crippen LogP contribution >= 0.6 is 0 Å². The molecule has 1 unspecified atom stereocenters. The minimum absolute atomic E-state index is 0.00694. The number of furan rings is 1. The first-order valence-corrected chi connectivity index (χ1v) is 8.38. The third kappa shape index (κ3) is 4.32. The molecule has 8 heteroatoms. The third-order valence-corrected chi connectivity index (χ3v) is 4.97. The molecule has 0 aliphatic carbocycles. The van der Waals surface area contributed by atoms with Crippen molar-refractivity contribution in [1.82, 2.24) is 4.90 Å². The second kappa shape index (κ2) is 6.75. The minimum atomic E-state index is -3.22. The van der Waals surface area contributed by atoms with Crippen LogP contribution in [0.2, 0.25) is 0 Å². The van der Waals surface area contributed by atoms with E-state index in [2.05, 4.69) is 0 Å². The van der Waals surface area contributed by atoms with Crippen molar-refractivity contribution >= 4 is 21.7 Å². The van der Waals surface area contributed by atoms with Gasteiger partial charge in [-0.25, -0.2) is 13.2 Å². The molecule has 0 fully saturated rings. The summed E-state index contributed by atoms with van der Waals surface area (Å²) in [7, 11) is -3.22. The normalized spacial score (nSPS) is 12.9. The van der Waals surface area contributed by atoms with Gasteiger partial charge >= 0.3 is 5.97 Å². The van der Waals surface area contributed by atoms with Crippen molar-refractivity contribution in [3.63, 3.8) is 0 Å². The molecule has 21 heavy (non-hydrogen) atoms. The quantitative estimate of drug-likeness (QED) is 0.811. The molecule has 1 aromatic rings. The van der Waals surface area contributed by atoms with Crippen molar-refractivity contribution < 1.29 is 27.5 Å². The number of amides is 1. The molecule has 1 atom stereocenters. The number of hydrogen-bond acceptors (Lipinski definition) is 5. The number of sulfone groups is 1. The predicted octanol–water partition coefficient (Wildman–Crippen LogP) is 1.26. The zero-order chi connectivity index (χ0) is 16.2. The van der Waals surface area contributed by atoms with Gasteiger partial charge in [0.25, 0.3) is 5.91 Å². The molecule has 0 aliphatic heterocycles. The Balaban J connectivity index is 2.92. The maximum absolute atomic E-state index is 12.3. The highest BCUT2D eigenvalue weighted by Gasteiger charge is 2.26. The highest BCUT2D eigenvalue weighted by molar-refractivity contribution is 7.91. The average Bonchev–Trinajstić information content (AvgIpc) is 2.88. The number of aromatic carboxylic acids is 1. The van der Waals surface area contributed by atoms with E-state index in [1.807, 2.05) is 0 Å². The van der Waals surface area contributed by atoms with Gasteiger partial charge in [-0.1, -0.05) is 6.92 Å². The molecular formula is C13H19NO6S. The summed E-state index contributed by atoms with van der Waals surface area (Å²) in [5.74, 6) is -2.37. The number of carbonyl (C=O) groups is 2. The lowest BCUT2D eigenvalue weighted by molar-refractivity contribution is 0.0641. The van der Waals surface area contributed by atoms with E-state index in [1.54, 1.807) is 20.8 Å². The van der Waals surface area contributed by atoms with Gasteiger partial charge in [0.1, 0.15) is 0 Å². The lowest BCUT2D eigenvalue weighted by Crippen LogP contribution is -2.42. The Morgan fingerprint density at radius 3 is 2.29 bits per heavy atom. The molecule has 0 bridgehead atoms. The Morgan fingerprint density at radius 2 is 1.86 bits per heavy atom. The number of nitrogens with zero attached hydrogens (tertiary/aromatic N) is 1. The molecule has 1 rings (SSSR count). The molecule has 1 heterocycles. The zero-order valence-electron chi connectivity index (χ0n) is 12.2. The fourth-order valence-corrected chi connectivity index (χ4v) is 3.09. The number of carboxylic acids is 1. The first kappa shape index (κ1) is 17.2. The second-order valence-electron chi connectivity index (χ2n) is 4.61. The summed E-state index contributed by atoms with van der Waals surface area (Å²) >= 11 is 0. The first-order valence-electron chi connectivity index (χ1n) is 6.56. The van der Waals surface area contributed by atoms with E-state index in [9.17, 15) is 18.0 Å². The van der Waals surface area contributed by atoms with E-state index in [0.717, 1.165) is 0 Å². The van der Waals surface area contributed by atoms with Gasteiger partial charge in [0, 0.05) is 18.3 Å². The standard InChI is InChI=1S/C13H19NO6S/c1-4-14(9(3)8-21(18,19)5-2)12(15)10-6-7-11(20-10)13(16)17/h6-7,9H,4-5,8H2,1-3H3,(H,16,17). The average molecular weight is 317 g/mol. The van der Waals surface area contributed by atoms with E-state index >= 15 is 0 Å². The van der Waals surface area contributed by atoms with Crippen LogP contribution in [0.25, 0.3) is 0 Å². The molecule has 1 N–H and O–H groups in total. The Hall–Kier alpha value is -1.83. The maximum atomic E-state index is 12.3. The van der Waals surface area contributed by atoms with Gasteiger partial charge in [-0.3, -0.25) is 4.79 Å². The summed E-state index contributed by atoms with van der Waals surface area (Å²) in [5.41, 5.74) is 0. The fraction of sp³-hybridized carbons (Fsp3) is 0.538. The molecule has 0 aliphatic rings. The van der Waals surface area contributed by atoms with Gasteiger partial charge < -0.3 is 14.4 Å². The van der Waals surface area contributed by atoms with Crippen molar-refractivity contribution in [2.45, 2.75) is 26.8 Å². The molecule has 1 amide bonds. The molecule has 118 valence electrons. The van der Waals surface area contributed by atoms with Crippen LogP contribution in [-0.4, -0.2) is 54.4 Å². The Morgan fingerprint density at radius 1 is 1.29 bits per heavy atom. The van der Waals surface area contributed by atoms with E-state index in [4.69, 9.17) is 9.52 Å². The van der Waals surface area contributed by atoms with Gasteiger partial charge in [0.2, 0.25) is 5.76 Å². The van der Waals surface area contributed by atoms with E-state index in [1.165, 1.54) is 17.0 Å². The lowest BCUT2D eigenvalue weighted by atomic mass is 10.3. The Kier molecular flexibility index (Phi) is 5.54. The topological polar surface area (TPSA) is 105 Å². The predicted molar refractivity (Wildman–Crippen MR) is 76.2 cm³/mol. The smallest absolute Gasteiger partial charge is 0.371 e. The van der Waals surface area contributed by atoms with Crippen LogP contribution in [0.5, 0.6) is 0 Å². The monoisotopic (exact) mass is 317 g/mol. The summed E-state index contributed by atoms with van der Waals surface area (Å²) in [5, 5.41) is 8.77. The Labute approximate surface area is 123 Å². The second-order valence-corrected chi connectivity index (χ2v) is 7.01. The van der Waals surface area contributed by atoms with Crippen LogP contribution < -0.4 is 0 Å². The summed E-state index contributed by atoms with van der Waals surface area (Å²) in [6.07, 6.45) is 0. The van der Waals surface area contributed by atoms with Gasteiger partial charge in [-0.15, -0.1) is 0 Å². The molecule has 0 aromatic carbocycles. The van der Waals surface area contributed by atoms with Gasteiger partial charge in [-0.2, -0.15) is 0 Å². The summed E-state index contributed by atoms with van der Waals surface area (Å²) < 4.78 is 28.2. The molecular weight excluding hydrogens is 298 g/mol. The molecule has 0 spiro atoms. The highest BCUT2D eigenvalue weighted by atomic mass is 32.2. The summed E-state index contributed by atoms with van der Waals surface area (Å²) in [4.78, 5) is 24.4. The van der Waals surface area contributed by atoms with Crippen LogP contribution in [0.4, 0.5) is 0 Å². The summed E-state index contributed by atoms with van der Waals surface area (Å²) in [6, 6.07) is 1.94. The van der Waals surface area contributed by atoms with Crippen LogP contribution in [-0.2, 0) is 9.84 Å².